The van der Waals surface area contributed by atoms with E-state index in [2.05, 4.69) is 23.9 Å². The van der Waals surface area contributed by atoms with Gasteiger partial charge < -0.3 is 10.1 Å². The number of amides is 1. The van der Waals surface area contributed by atoms with Gasteiger partial charge in [0.05, 0.1) is 13.5 Å². The van der Waals surface area contributed by atoms with Crippen LogP contribution in [-0.4, -0.2) is 25.5 Å². The van der Waals surface area contributed by atoms with Crippen LogP contribution >= 0.6 is 0 Å². The van der Waals surface area contributed by atoms with Gasteiger partial charge in [-0.1, -0.05) is 20.8 Å². The molecule has 0 radical (unpaired) electrons. The van der Waals surface area contributed by atoms with Crippen LogP contribution in [0.4, 0.5) is 0 Å². The highest BCUT2D eigenvalue weighted by Crippen LogP contribution is 2.13. The van der Waals surface area contributed by atoms with Crippen LogP contribution in [0.2, 0.25) is 0 Å². The summed E-state index contributed by atoms with van der Waals surface area (Å²) in [5, 5.41) is 2.69. The molecule has 0 bridgehead atoms. The van der Waals surface area contributed by atoms with Gasteiger partial charge in [-0.25, -0.2) is 0 Å². The molecule has 1 amide bonds. The molecular weight excluding hydrogens is 194 g/mol. The van der Waals surface area contributed by atoms with Crippen LogP contribution in [0.1, 0.15) is 33.6 Å². The molecule has 1 atom stereocenters. The first-order chi connectivity index (χ1) is 6.97. The molecule has 88 valence electrons. The average Bonchev–Trinajstić information content (AvgIpc) is 2.17. The molecule has 0 aliphatic heterocycles. The third-order valence-corrected chi connectivity index (χ3v) is 2.52. The van der Waals surface area contributed by atoms with Gasteiger partial charge in [0.25, 0.3) is 0 Å². The lowest BCUT2D eigenvalue weighted by atomic mass is 9.94. The molecule has 0 saturated carbocycles. The molecule has 0 aromatic heterocycles. The number of ether oxygens (including phenoxy) is 1. The van der Waals surface area contributed by atoms with E-state index in [4.69, 9.17) is 0 Å². The van der Waals surface area contributed by atoms with Crippen molar-refractivity contribution in [3.8, 4) is 0 Å². The number of methoxy groups -OCH3 is 1. The number of carbonyl (C=O) groups is 2. The van der Waals surface area contributed by atoms with Gasteiger partial charge in [-0.3, -0.25) is 9.59 Å². The molecule has 0 aliphatic rings. The van der Waals surface area contributed by atoms with Crippen LogP contribution in [-0.2, 0) is 14.3 Å². The Hall–Kier alpha value is -1.06. The number of hydrogen-bond donors (Lipinski definition) is 1. The maximum atomic E-state index is 11.4. The van der Waals surface area contributed by atoms with E-state index < -0.39 is 0 Å². The lowest BCUT2D eigenvalue weighted by Crippen LogP contribution is -2.28. The fourth-order valence-electron chi connectivity index (χ4n) is 1.01. The Balaban J connectivity index is 3.62. The second kappa shape index (κ2) is 7.26. The molecule has 0 aromatic rings. The Kier molecular flexibility index (Phi) is 6.75. The summed E-state index contributed by atoms with van der Waals surface area (Å²) in [5.41, 5.74) is 0. The van der Waals surface area contributed by atoms with Crippen LogP contribution in [0, 0.1) is 11.8 Å². The van der Waals surface area contributed by atoms with Gasteiger partial charge in [0.15, 0.2) is 0 Å². The zero-order valence-corrected chi connectivity index (χ0v) is 10.0. The minimum atomic E-state index is -0.299. The van der Waals surface area contributed by atoms with Gasteiger partial charge in [0, 0.05) is 13.0 Å². The van der Waals surface area contributed by atoms with E-state index in [1.54, 1.807) is 0 Å². The molecule has 0 fully saturated rings. The van der Waals surface area contributed by atoms with Crippen LogP contribution in [0.5, 0.6) is 0 Å². The lowest BCUT2D eigenvalue weighted by Gasteiger charge is -2.14. The van der Waals surface area contributed by atoms with Crippen molar-refractivity contribution in [3.05, 3.63) is 0 Å². The average molecular weight is 215 g/mol. The highest BCUT2D eigenvalue weighted by Gasteiger charge is 2.12. The molecule has 0 rings (SSSR count). The predicted molar refractivity (Wildman–Crippen MR) is 58.3 cm³/mol. The summed E-state index contributed by atoms with van der Waals surface area (Å²) in [5.74, 6) is 0.562. The number of rotatable bonds is 6. The minimum Gasteiger partial charge on any atom is -0.469 e. The molecule has 0 aliphatic carbocycles. The first kappa shape index (κ1) is 13.9. The molecule has 1 unspecified atom stereocenters. The minimum absolute atomic E-state index is 0.0000954. The van der Waals surface area contributed by atoms with Crippen molar-refractivity contribution >= 4 is 11.9 Å². The zero-order valence-electron chi connectivity index (χ0n) is 10.0. The summed E-state index contributed by atoms with van der Waals surface area (Å²) in [6.07, 6.45) is 0.747. The molecule has 0 aromatic carbocycles. The standard InChI is InChI=1S/C11H21NO3/c1-8(2)9(3)7-10(13)12-6-5-11(14)15-4/h8-9H,5-7H2,1-4H3,(H,12,13). The van der Waals surface area contributed by atoms with Gasteiger partial charge in [0.1, 0.15) is 0 Å². The van der Waals surface area contributed by atoms with E-state index in [9.17, 15) is 9.59 Å². The van der Waals surface area contributed by atoms with Crippen molar-refractivity contribution in [2.75, 3.05) is 13.7 Å². The van der Waals surface area contributed by atoms with E-state index in [0.717, 1.165) is 0 Å². The maximum absolute atomic E-state index is 11.4. The Labute approximate surface area is 91.4 Å². The number of carbonyl (C=O) groups excluding carboxylic acids is 2. The lowest BCUT2D eigenvalue weighted by molar-refractivity contribution is -0.140. The number of esters is 1. The molecule has 4 nitrogen and oxygen atoms in total. The maximum Gasteiger partial charge on any atom is 0.307 e. The Morgan fingerprint density at radius 1 is 1.27 bits per heavy atom. The van der Waals surface area contributed by atoms with Crippen molar-refractivity contribution in [2.45, 2.75) is 33.6 Å². The van der Waals surface area contributed by atoms with Crippen LogP contribution in [0.3, 0.4) is 0 Å². The van der Waals surface area contributed by atoms with E-state index in [1.807, 2.05) is 6.92 Å². The Morgan fingerprint density at radius 3 is 2.33 bits per heavy atom. The third kappa shape index (κ3) is 6.94. The van der Waals surface area contributed by atoms with Crippen molar-refractivity contribution in [2.24, 2.45) is 11.8 Å². The number of nitrogens with one attached hydrogen (secondary N) is 1. The van der Waals surface area contributed by atoms with Crippen LogP contribution in [0.25, 0.3) is 0 Å². The largest absolute Gasteiger partial charge is 0.469 e. The monoisotopic (exact) mass is 215 g/mol. The first-order valence-corrected chi connectivity index (χ1v) is 5.30. The van der Waals surface area contributed by atoms with E-state index in [-0.39, 0.29) is 18.3 Å². The Bertz CT molecular complexity index is 214. The van der Waals surface area contributed by atoms with Crippen molar-refractivity contribution in [1.29, 1.82) is 0 Å². The Morgan fingerprint density at radius 2 is 1.87 bits per heavy atom. The normalized spacial score (nSPS) is 12.3. The molecule has 4 heteroatoms. The molecular formula is C11H21NO3. The fourth-order valence-corrected chi connectivity index (χ4v) is 1.01. The quantitative estimate of drug-likeness (QED) is 0.680. The summed E-state index contributed by atoms with van der Waals surface area (Å²) in [6.45, 7) is 6.58. The van der Waals surface area contributed by atoms with Crippen LogP contribution < -0.4 is 5.32 Å². The van der Waals surface area contributed by atoms with E-state index in [0.29, 0.717) is 24.8 Å². The summed E-state index contributed by atoms with van der Waals surface area (Å²) in [4.78, 5) is 22.1. The third-order valence-electron chi connectivity index (χ3n) is 2.52. The van der Waals surface area contributed by atoms with Crippen LogP contribution in [0.15, 0.2) is 0 Å². The highest BCUT2D eigenvalue weighted by molar-refractivity contribution is 5.77. The molecule has 1 N–H and O–H groups in total. The summed E-state index contributed by atoms with van der Waals surface area (Å²) >= 11 is 0. The molecule has 15 heavy (non-hydrogen) atoms. The van der Waals surface area contributed by atoms with Gasteiger partial charge in [-0.2, -0.15) is 0 Å². The number of hydrogen-bond acceptors (Lipinski definition) is 3. The fraction of sp³-hybridized carbons (Fsp3) is 0.818. The van der Waals surface area contributed by atoms with E-state index >= 15 is 0 Å². The summed E-state index contributed by atoms with van der Waals surface area (Å²) in [7, 11) is 1.34. The van der Waals surface area contributed by atoms with Gasteiger partial charge in [0.2, 0.25) is 5.91 Å². The summed E-state index contributed by atoms with van der Waals surface area (Å²) in [6, 6.07) is 0. The van der Waals surface area contributed by atoms with Crippen molar-refractivity contribution < 1.29 is 14.3 Å². The molecule has 0 heterocycles. The first-order valence-electron chi connectivity index (χ1n) is 5.30. The topological polar surface area (TPSA) is 55.4 Å². The second-order valence-electron chi connectivity index (χ2n) is 4.10. The molecule has 0 spiro atoms. The van der Waals surface area contributed by atoms with Gasteiger partial charge in [-0.05, 0) is 11.8 Å². The van der Waals surface area contributed by atoms with Gasteiger partial charge >= 0.3 is 5.97 Å². The zero-order chi connectivity index (χ0) is 11.8. The summed E-state index contributed by atoms with van der Waals surface area (Å²) < 4.78 is 4.46. The van der Waals surface area contributed by atoms with Crippen molar-refractivity contribution in [3.63, 3.8) is 0 Å². The SMILES string of the molecule is COC(=O)CCNC(=O)CC(C)C(C)C. The van der Waals surface area contributed by atoms with Gasteiger partial charge in [-0.15, -0.1) is 0 Å². The van der Waals surface area contributed by atoms with Crippen molar-refractivity contribution in [1.82, 2.24) is 5.32 Å². The second-order valence-corrected chi connectivity index (χ2v) is 4.10. The molecule has 0 saturated heterocycles. The highest BCUT2D eigenvalue weighted by atomic mass is 16.5. The smallest absolute Gasteiger partial charge is 0.307 e. The predicted octanol–water partition coefficient (Wildman–Crippen LogP) is 1.35. The van der Waals surface area contributed by atoms with E-state index in [1.165, 1.54) is 7.11 Å².